The first-order valence-electron chi connectivity index (χ1n) is 16.2. The Labute approximate surface area is 282 Å². The highest BCUT2D eigenvalue weighted by molar-refractivity contribution is 7.53. The largest absolute Gasteiger partial charge is 0.356 e. The number of fused-ring (bicyclic) bond motifs is 1. The normalized spacial score (nSPS) is 12.3. The van der Waals surface area contributed by atoms with E-state index in [-0.39, 0.29) is 25.3 Å². The Morgan fingerprint density at radius 2 is 1.35 bits per heavy atom. The molecule has 5 aromatic rings. The number of ether oxygens (including phenoxy) is 1. The molecule has 2 N–H and O–H groups in total. The van der Waals surface area contributed by atoms with Gasteiger partial charge in [0.1, 0.15) is 12.1 Å². The third-order valence-corrected chi connectivity index (χ3v) is 9.63. The average Bonchev–Trinajstić information content (AvgIpc) is 3.49. The van der Waals surface area contributed by atoms with Crippen molar-refractivity contribution in [3.63, 3.8) is 0 Å². The second-order valence-electron chi connectivity index (χ2n) is 11.9. The number of hydroxylamine groups is 1. The van der Waals surface area contributed by atoms with Gasteiger partial charge in [-0.15, -0.1) is 0 Å². The van der Waals surface area contributed by atoms with Gasteiger partial charge in [0.2, 0.25) is 0 Å². The SMILES string of the molecule is CON(CCCN)c1nc(C(c2ccccc2)(c2ccccc2)c2ccccc2)nc2c1ncn2COCP(=O)(OC(C)C)OC(C)C. The first-order chi connectivity index (χ1) is 23.2. The molecule has 0 unspecified atom stereocenters. The summed E-state index contributed by atoms with van der Waals surface area (Å²) in [5.74, 6) is 1.01. The topological polar surface area (TPSA) is 127 Å². The molecule has 0 spiro atoms. The van der Waals surface area contributed by atoms with Crippen LogP contribution in [0.4, 0.5) is 5.82 Å². The van der Waals surface area contributed by atoms with E-state index in [0.717, 1.165) is 16.7 Å². The van der Waals surface area contributed by atoms with Crippen molar-refractivity contribution in [2.24, 2.45) is 5.73 Å². The van der Waals surface area contributed by atoms with Gasteiger partial charge in [-0.25, -0.2) is 20.0 Å². The Kier molecular flexibility index (Phi) is 11.8. The number of nitrogens with two attached hydrogens (primary N) is 1. The number of imidazole rings is 1. The van der Waals surface area contributed by atoms with Crippen molar-refractivity contribution in [1.82, 2.24) is 19.5 Å². The van der Waals surface area contributed by atoms with Crippen LogP contribution in [0.25, 0.3) is 11.2 Å². The van der Waals surface area contributed by atoms with Gasteiger partial charge in [-0.2, -0.15) is 0 Å². The van der Waals surface area contributed by atoms with Gasteiger partial charge in [-0.3, -0.25) is 14.0 Å². The average molecular weight is 673 g/mol. The zero-order valence-corrected chi connectivity index (χ0v) is 29.1. The molecule has 0 aliphatic rings. The molecule has 0 saturated heterocycles. The molecule has 11 nitrogen and oxygen atoms in total. The van der Waals surface area contributed by atoms with Crippen molar-refractivity contribution in [3.8, 4) is 0 Å². The fraction of sp³-hybridized carbons (Fsp3) is 0.361. The number of benzene rings is 3. The van der Waals surface area contributed by atoms with E-state index in [2.05, 4.69) is 36.4 Å². The molecule has 3 aromatic carbocycles. The molecule has 0 radical (unpaired) electrons. The summed E-state index contributed by atoms with van der Waals surface area (Å²) in [6.45, 7) is 8.19. The van der Waals surface area contributed by atoms with Crippen LogP contribution in [0.15, 0.2) is 97.3 Å². The fourth-order valence-corrected chi connectivity index (χ4v) is 7.58. The Hall–Kier alpha value is -3.96. The van der Waals surface area contributed by atoms with Crippen molar-refractivity contribution in [2.45, 2.75) is 58.5 Å². The number of hydrogen-bond acceptors (Lipinski definition) is 10. The molecule has 0 bridgehead atoms. The standard InChI is InChI=1S/C36H45N6O5P/c1-27(2)46-48(43,47-28(3)4)26-45-25-41-24-38-32-33(41)39-35(40-34(32)42(44-5)23-15-22-37)36(29-16-9-6-10-17-29,30-18-11-7-12-19-30)31-20-13-8-14-21-31/h6-14,16-21,24,27-28H,15,22-23,25-26,37H2,1-5H3. The van der Waals surface area contributed by atoms with Gasteiger partial charge in [0.05, 0.1) is 25.6 Å². The summed E-state index contributed by atoms with van der Waals surface area (Å²) in [6, 6.07) is 30.7. The number of anilines is 1. The van der Waals surface area contributed by atoms with Crippen LogP contribution in [0.5, 0.6) is 0 Å². The highest BCUT2D eigenvalue weighted by Crippen LogP contribution is 2.50. The van der Waals surface area contributed by atoms with Crippen LogP contribution < -0.4 is 10.8 Å². The lowest BCUT2D eigenvalue weighted by Crippen LogP contribution is -2.35. The molecule has 0 amide bonds. The van der Waals surface area contributed by atoms with Crippen LogP contribution in [0, 0.1) is 0 Å². The molecule has 48 heavy (non-hydrogen) atoms. The van der Waals surface area contributed by atoms with Crippen molar-refractivity contribution in [3.05, 3.63) is 120 Å². The second-order valence-corrected chi connectivity index (χ2v) is 13.8. The Balaban J connectivity index is 1.73. The summed E-state index contributed by atoms with van der Waals surface area (Å²) in [4.78, 5) is 21.1. The van der Waals surface area contributed by atoms with Crippen molar-refractivity contribution >= 4 is 24.6 Å². The van der Waals surface area contributed by atoms with Crippen LogP contribution in [-0.2, 0) is 35.3 Å². The van der Waals surface area contributed by atoms with E-state index in [0.29, 0.717) is 42.3 Å². The van der Waals surface area contributed by atoms with E-state index in [1.54, 1.807) is 23.1 Å². The summed E-state index contributed by atoms with van der Waals surface area (Å²) < 4.78 is 32.7. The third kappa shape index (κ3) is 7.68. The van der Waals surface area contributed by atoms with Gasteiger partial charge in [0.15, 0.2) is 29.2 Å². The maximum Gasteiger partial charge on any atom is 0.356 e. The lowest BCUT2D eigenvalue weighted by atomic mass is 9.68. The van der Waals surface area contributed by atoms with Crippen molar-refractivity contribution < 1.29 is 23.2 Å². The fourth-order valence-electron chi connectivity index (χ4n) is 5.81. The summed E-state index contributed by atoms with van der Waals surface area (Å²) in [5.41, 5.74) is 8.97. The van der Waals surface area contributed by atoms with Gasteiger partial charge in [-0.05, 0) is 57.4 Å². The molecule has 5 rings (SSSR count). The van der Waals surface area contributed by atoms with Gasteiger partial charge in [-0.1, -0.05) is 91.0 Å². The highest BCUT2D eigenvalue weighted by Gasteiger charge is 2.42. The zero-order chi connectivity index (χ0) is 34.1. The number of hydrogen-bond donors (Lipinski definition) is 1. The molecule has 0 aliphatic heterocycles. The lowest BCUT2D eigenvalue weighted by Gasteiger charge is -2.35. The molecule has 2 heterocycles. The molecule has 0 saturated carbocycles. The molecule has 0 fully saturated rings. The minimum Gasteiger partial charge on any atom is -0.348 e. The maximum atomic E-state index is 13.5. The Bertz CT molecular complexity index is 1680. The minimum absolute atomic E-state index is 0.00983. The zero-order valence-electron chi connectivity index (χ0n) is 28.2. The van der Waals surface area contributed by atoms with Gasteiger partial charge in [0, 0.05) is 6.54 Å². The number of rotatable bonds is 17. The number of nitrogens with zero attached hydrogens (tertiary/aromatic N) is 5. The maximum absolute atomic E-state index is 13.5. The van der Waals surface area contributed by atoms with E-state index >= 15 is 0 Å². The van der Waals surface area contributed by atoms with Crippen LogP contribution in [-0.4, -0.2) is 58.3 Å². The van der Waals surface area contributed by atoms with Crippen LogP contribution in [0.3, 0.4) is 0 Å². The van der Waals surface area contributed by atoms with E-state index in [1.165, 1.54) is 0 Å². The molecular formula is C36H45N6O5P. The van der Waals surface area contributed by atoms with Crippen molar-refractivity contribution in [2.75, 3.05) is 31.6 Å². The minimum atomic E-state index is -3.54. The van der Waals surface area contributed by atoms with E-state index in [1.807, 2.05) is 82.3 Å². The summed E-state index contributed by atoms with van der Waals surface area (Å²) in [6.07, 6.45) is 1.45. The molecule has 254 valence electrons. The Morgan fingerprint density at radius 1 is 0.833 bits per heavy atom. The monoisotopic (exact) mass is 672 g/mol. The predicted octanol–water partition coefficient (Wildman–Crippen LogP) is 6.90. The summed E-state index contributed by atoms with van der Waals surface area (Å²) >= 11 is 0. The first-order valence-corrected chi connectivity index (χ1v) is 17.9. The smallest absolute Gasteiger partial charge is 0.348 e. The van der Waals surface area contributed by atoms with Crippen LogP contribution in [0.2, 0.25) is 0 Å². The van der Waals surface area contributed by atoms with E-state index in [9.17, 15) is 4.57 Å². The van der Waals surface area contributed by atoms with Crippen LogP contribution in [0.1, 0.15) is 56.6 Å². The number of aromatic nitrogens is 4. The van der Waals surface area contributed by atoms with Gasteiger partial charge < -0.3 is 19.5 Å². The summed E-state index contributed by atoms with van der Waals surface area (Å²) in [7, 11) is -1.94. The molecular weight excluding hydrogens is 627 g/mol. The quantitative estimate of drug-likeness (QED) is 0.0633. The predicted molar refractivity (Wildman–Crippen MR) is 188 cm³/mol. The van der Waals surface area contributed by atoms with Gasteiger partial charge >= 0.3 is 7.60 Å². The first kappa shape index (κ1) is 35.3. The van der Waals surface area contributed by atoms with E-state index in [4.69, 9.17) is 39.3 Å². The molecule has 2 aromatic heterocycles. The summed E-state index contributed by atoms with van der Waals surface area (Å²) in [5, 5.41) is 1.70. The van der Waals surface area contributed by atoms with Crippen molar-refractivity contribution in [1.29, 1.82) is 0 Å². The molecule has 0 atom stereocenters. The lowest BCUT2D eigenvalue weighted by molar-refractivity contribution is 0.0715. The van der Waals surface area contributed by atoms with E-state index < -0.39 is 13.0 Å². The van der Waals surface area contributed by atoms with Gasteiger partial charge in [0.25, 0.3) is 0 Å². The molecule has 0 aliphatic carbocycles. The molecule has 12 heteroatoms. The van der Waals surface area contributed by atoms with Crippen LogP contribution >= 0.6 is 7.60 Å². The highest BCUT2D eigenvalue weighted by atomic mass is 31.2. The second kappa shape index (κ2) is 16.0. The third-order valence-electron chi connectivity index (χ3n) is 7.65. The Morgan fingerprint density at radius 3 is 1.81 bits per heavy atom.